The molecule has 0 saturated heterocycles. The molecule has 0 saturated carbocycles. The van der Waals surface area contributed by atoms with Crippen molar-refractivity contribution < 1.29 is 9.90 Å². The molecule has 23 heavy (non-hydrogen) atoms. The van der Waals surface area contributed by atoms with E-state index in [1.807, 2.05) is 43.3 Å². The van der Waals surface area contributed by atoms with Gasteiger partial charge in [0.15, 0.2) is 0 Å². The summed E-state index contributed by atoms with van der Waals surface area (Å²) < 4.78 is 0. The van der Waals surface area contributed by atoms with Crippen LogP contribution in [-0.2, 0) is 6.54 Å². The van der Waals surface area contributed by atoms with E-state index in [-0.39, 0.29) is 18.6 Å². The standard InChI is InChI=1S/C18H23N3O2/c1-3-15(13-22)21(12-14-8-6-7-11-20-14)18(23)16-9-4-5-10-17(16)19-2/h4-11,15,19,22H,3,12-13H2,1-2H3. The van der Waals surface area contributed by atoms with Gasteiger partial charge >= 0.3 is 0 Å². The highest BCUT2D eigenvalue weighted by molar-refractivity contribution is 5.99. The molecule has 2 aromatic rings. The van der Waals surface area contributed by atoms with Gasteiger partial charge in [0, 0.05) is 18.9 Å². The van der Waals surface area contributed by atoms with Crippen LogP contribution in [0.25, 0.3) is 0 Å². The molecule has 2 N–H and O–H groups in total. The molecule has 0 spiro atoms. The summed E-state index contributed by atoms with van der Waals surface area (Å²) in [5.41, 5.74) is 2.17. The second kappa shape index (κ2) is 8.29. The Morgan fingerprint density at radius 1 is 1.26 bits per heavy atom. The lowest BCUT2D eigenvalue weighted by atomic mass is 10.1. The maximum Gasteiger partial charge on any atom is 0.256 e. The molecule has 1 atom stereocenters. The van der Waals surface area contributed by atoms with E-state index in [1.54, 1.807) is 24.2 Å². The summed E-state index contributed by atoms with van der Waals surface area (Å²) in [5, 5.41) is 12.7. The Bertz CT molecular complexity index is 627. The van der Waals surface area contributed by atoms with Crippen LogP contribution in [0.5, 0.6) is 0 Å². The van der Waals surface area contributed by atoms with Gasteiger partial charge in [-0.2, -0.15) is 0 Å². The van der Waals surface area contributed by atoms with Crippen molar-refractivity contribution in [3.8, 4) is 0 Å². The molecule has 5 heteroatoms. The largest absolute Gasteiger partial charge is 0.394 e. The van der Waals surface area contributed by atoms with Gasteiger partial charge in [0.05, 0.1) is 30.5 Å². The van der Waals surface area contributed by atoms with Crippen molar-refractivity contribution in [3.05, 3.63) is 59.9 Å². The second-order valence-electron chi connectivity index (χ2n) is 5.29. The molecular formula is C18H23N3O2. The van der Waals surface area contributed by atoms with Crippen molar-refractivity contribution in [1.29, 1.82) is 0 Å². The van der Waals surface area contributed by atoms with E-state index < -0.39 is 0 Å². The number of nitrogens with zero attached hydrogens (tertiary/aromatic N) is 2. The number of carbonyl (C=O) groups is 1. The van der Waals surface area contributed by atoms with Gasteiger partial charge in [0.2, 0.25) is 0 Å². The number of aliphatic hydroxyl groups is 1. The number of aromatic nitrogens is 1. The molecule has 0 fully saturated rings. The molecule has 0 aliphatic heterocycles. The summed E-state index contributed by atoms with van der Waals surface area (Å²) in [6.45, 7) is 2.26. The first-order chi connectivity index (χ1) is 11.2. The highest BCUT2D eigenvalue weighted by Crippen LogP contribution is 2.20. The number of rotatable bonds is 7. The number of carbonyl (C=O) groups excluding carboxylic acids is 1. The van der Waals surface area contributed by atoms with Crippen LogP contribution >= 0.6 is 0 Å². The first-order valence-corrected chi connectivity index (χ1v) is 7.79. The minimum atomic E-state index is -0.241. The minimum Gasteiger partial charge on any atom is -0.394 e. The monoisotopic (exact) mass is 313 g/mol. The van der Waals surface area contributed by atoms with Crippen LogP contribution in [0.2, 0.25) is 0 Å². The fourth-order valence-corrected chi connectivity index (χ4v) is 2.52. The maximum absolute atomic E-state index is 13.0. The number of benzene rings is 1. The van der Waals surface area contributed by atoms with Crippen LogP contribution in [0.15, 0.2) is 48.7 Å². The fourth-order valence-electron chi connectivity index (χ4n) is 2.52. The molecule has 0 aliphatic carbocycles. The van der Waals surface area contributed by atoms with Crippen LogP contribution < -0.4 is 5.32 Å². The summed E-state index contributed by atoms with van der Waals surface area (Å²) in [4.78, 5) is 19.0. The van der Waals surface area contributed by atoms with Crippen molar-refractivity contribution in [2.75, 3.05) is 19.0 Å². The Morgan fingerprint density at radius 3 is 2.61 bits per heavy atom. The van der Waals surface area contributed by atoms with E-state index in [9.17, 15) is 9.90 Å². The van der Waals surface area contributed by atoms with Gasteiger partial charge in [-0.25, -0.2) is 0 Å². The lowest BCUT2D eigenvalue weighted by molar-refractivity contribution is 0.0561. The van der Waals surface area contributed by atoms with E-state index in [4.69, 9.17) is 0 Å². The van der Waals surface area contributed by atoms with Gasteiger partial charge in [0.1, 0.15) is 0 Å². The third-order valence-corrected chi connectivity index (χ3v) is 3.87. The Kier molecular flexibility index (Phi) is 6.11. The van der Waals surface area contributed by atoms with Gasteiger partial charge in [0.25, 0.3) is 5.91 Å². The molecule has 1 aromatic carbocycles. The zero-order chi connectivity index (χ0) is 16.7. The Balaban J connectivity index is 2.34. The first kappa shape index (κ1) is 17.0. The van der Waals surface area contributed by atoms with Crippen LogP contribution in [0.1, 0.15) is 29.4 Å². The lowest BCUT2D eigenvalue weighted by Gasteiger charge is -2.30. The quantitative estimate of drug-likeness (QED) is 0.824. The summed E-state index contributed by atoms with van der Waals surface area (Å²) in [7, 11) is 1.79. The van der Waals surface area contributed by atoms with Crippen molar-refractivity contribution in [1.82, 2.24) is 9.88 Å². The van der Waals surface area contributed by atoms with E-state index in [0.29, 0.717) is 18.5 Å². The molecule has 1 aromatic heterocycles. The number of hydrogen-bond donors (Lipinski definition) is 2. The van der Waals surface area contributed by atoms with E-state index in [1.165, 1.54) is 0 Å². The zero-order valence-corrected chi connectivity index (χ0v) is 13.6. The first-order valence-electron chi connectivity index (χ1n) is 7.79. The Morgan fingerprint density at radius 2 is 2.00 bits per heavy atom. The number of aliphatic hydroxyl groups excluding tert-OH is 1. The predicted octanol–water partition coefficient (Wildman–Crippen LogP) is 2.54. The zero-order valence-electron chi connectivity index (χ0n) is 13.6. The fraction of sp³-hybridized carbons (Fsp3) is 0.333. The molecular weight excluding hydrogens is 290 g/mol. The molecule has 5 nitrogen and oxygen atoms in total. The topological polar surface area (TPSA) is 65.5 Å². The SMILES string of the molecule is CCC(CO)N(Cc1ccccn1)C(=O)c1ccccc1NC. The maximum atomic E-state index is 13.0. The van der Waals surface area contributed by atoms with Crippen LogP contribution in [0.4, 0.5) is 5.69 Å². The Hall–Kier alpha value is -2.40. The Labute approximate surface area is 137 Å². The lowest BCUT2D eigenvalue weighted by Crippen LogP contribution is -2.42. The molecule has 1 amide bonds. The smallest absolute Gasteiger partial charge is 0.256 e. The van der Waals surface area contributed by atoms with Gasteiger partial charge < -0.3 is 15.3 Å². The van der Waals surface area contributed by atoms with Crippen LogP contribution in [0.3, 0.4) is 0 Å². The normalized spacial score (nSPS) is 11.8. The van der Waals surface area contributed by atoms with Crippen molar-refractivity contribution in [3.63, 3.8) is 0 Å². The number of para-hydroxylation sites is 1. The number of amides is 1. The number of nitrogens with one attached hydrogen (secondary N) is 1. The summed E-state index contributed by atoms with van der Waals surface area (Å²) in [6, 6.07) is 12.8. The number of anilines is 1. The number of hydrogen-bond acceptors (Lipinski definition) is 4. The van der Waals surface area contributed by atoms with Gasteiger partial charge in [-0.15, -0.1) is 0 Å². The molecule has 1 heterocycles. The van der Waals surface area contributed by atoms with Crippen molar-refractivity contribution >= 4 is 11.6 Å². The molecule has 1 unspecified atom stereocenters. The number of pyridine rings is 1. The molecule has 0 bridgehead atoms. The molecule has 122 valence electrons. The average molecular weight is 313 g/mol. The highest BCUT2D eigenvalue weighted by atomic mass is 16.3. The highest BCUT2D eigenvalue weighted by Gasteiger charge is 2.25. The average Bonchev–Trinajstić information content (AvgIpc) is 2.62. The summed E-state index contributed by atoms with van der Waals surface area (Å²) in [6.07, 6.45) is 2.39. The predicted molar refractivity (Wildman–Crippen MR) is 91.3 cm³/mol. The molecule has 2 rings (SSSR count). The van der Waals surface area contributed by atoms with E-state index >= 15 is 0 Å². The van der Waals surface area contributed by atoms with E-state index in [0.717, 1.165) is 11.4 Å². The minimum absolute atomic E-state index is 0.0726. The summed E-state index contributed by atoms with van der Waals surface area (Å²) >= 11 is 0. The molecule has 0 radical (unpaired) electrons. The van der Waals surface area contributed by atoms with Gasteiger partial charge in [-0.3, -0.25) is 9.78 Å². The second-order valence-corrected chi connectivity index (χ2v) is 5.29. The van der Waals surface area contributed by atoms with Gasteiger partial charge in [-0.1, -0.05) is 25.1 Å². The van der Waals surface area contributed by atoms with Crippen molar-refractivity contribution in [2.45, 2.75) is 25.9 Å². The third-order valence-electron chi connectivity index (χ3n) is 3.87. The van der Waals surface area contributed by atoms with Crippen LogP contribution in [0, 0.1) is 0 Å². The van der Waals surface area contributed by atoms with Gasteiger partial charge in [-0.05, 0) is 30.7 Å². The van der Waals surface area contributed by atoms with Crippen molar-refractivity contribution in [2.24, 2.45) is 0 Å². The summed E-state index contributed by atoms with van der Waals surface area (Å²) in [5.74, 6) is -0.110. The molecule has 0 aliphatic rings. The van der Waals surface area contributed by atoms with E-state index in [2.05, 4.69) is 10.3 Å². The third kappa shape index (κ3) is 4.07. The van der Waals surface area contributed by atoms with Crippen LogP contribution in [-0.4, -0.2) is 40.6 Å².